The highest BCUT2D eigenvalue weighted by molar-refractivity contribution is 5.27. The Labute approximate surface area is 108 Å². The number of benzene rings is 1. The molecule has 0 bridgehead atoms. The second-order valence-corrected chi connectivity index (χ2v) is 4.57. The molecule has 1 aliphatic rings. The van der Waals surface area contributed by atoms with Gasteiger partial charge >= 0.3 is 0 Å². The molecule has 1 aliphatic heterocycles. The largest absolute Gasteiger partial charge is 0.501 e. The van der Waals surface area contributed by atoms with Gasteiger partial charge in [0.15, 0.2) is 0 Å². The zero-order valence-corrected chi connectivity index (χ0v) is 10.8. The van der Waals surface area contributed by atoms with Gasteiger partial charge in [0.1, 0.15) is 5.75 Å². The second-order valence-electron chi connectivity index (χ2n) is 4.57. The first-order valence-electron chi connectivity index (χ1n) is 6.41. The molecule has 1 atom stereocenters. The van der Waals surface area contributed by atoms with Crippen LogP contribution in [0.2, 0.25) is 0 Å². The van der Waals surface area contributed by atoms with Crippen LogP contribution in [0.15, 0.2) is 36.1 Å². The number of aliphatic hydroxyl groups excluding tert-OH is 1. The van der Waals surface area contributed by atoms with Crippen molar-refractivity contribution in [2.75, 3.05) is 13.7 Å². The fraction of sp³-hybridized carbons (Fsp3) is 0.467. The average Bonchev–Trinajstić information content (AvgIpc) is 2.46. The van der Waals surface area contributed by atoms with Crippen LogP contribution in [0.3, 0.4) is 0 Å². The summed E-state index contributed by atoms with van der Waals surface area (Å²) in [6.07, 6.45) is 4.90. The highest BCUT2D eigenvalue weighted by atomic mass is 16.5. The molecule has 1 heterocycles. The molecule has 1 aromatic rings. The van der Waals surface area contributed by atoms with Crippen LogP contribution >= 0.6 is 0 Å². The van der Waals surface area contributed by atoms with Gasteiger partial charge in [0, 0.05) is 0 Å². The third-order valence-corrected chi connectivity index (χ3v) is 3.26. The lowest BCUT2D eigenvalue weighted by Gasteiger charge is -2.18. The molecule has 0 aliphatic carbocycles. The van der Waals surface area contributed by atoms with Crippen LogP contribution in [-0.2, 0) is 11.2 Å². The molecule has 3 heteroatoms. The summed E-state index contributed by atoms with van der Waals surface area (Å²) >= 11 is 0. The zero-order valence-electron chi connectivity index (χ0n) is 10.8. The summed E-state index contributed by atoms with van der Waals surface area (Å²) in [6.45, 7) is 0.773. The molecule has 3 nitrogen and oxygen atoms in total. The average molecular weight is 248 g/mol. The van der Waals surface area contributed by atoms with E-state index in [1.807, 2.05) is 24.3 Å². The third kappa shape index (κ3) is 3.50. The van der Waals surface area contributed by atoms with E-state index in [1.165, 1.54) is 5.56 Å². The highest BCUT2D eigenvalue weighted by Crippen LogP contribution is 2.20. The van der Waals surface area contributed by atoms with Crippen LogP contribution in [0.1, 0.15) is 24.8 Å². The Kier molecular flexibility index (Phi) is 4.65. The minimum atomic E-state index is -0.382. The van der Waals surface area contributed by atoms with E-state index in [4.69, 9.17) is 9.47 Å². The van der Waals surface area contributed by atoms with Crippen molar-refractivity contribution in [3.8, 4) is 5.75 Å². The van der Waals surface area contributed by atoms with Crippen molar-refractivity contribution in [1.82, 2.24) is 0 Å². The second kappa shape index (κ2) is 6.45. The number of aryl methyl sites for hydroxylation is 1. The lowest BCUT2D eigenvalue weighted by atomic mass is 9.98. The van der Waals surface area contributed by atoms with Gasteiger partial charge in [-0.1, -0.05) is 12.1 Å². The van der Waals surface area contributed by atoms with E-state index < -0.39 is 0 Å². The van der Waals surface area contributed by atoms with Crippen LogP contribution in [0.25, 0.3) is 0 Å². The predicted octanol–water partition coefficient (Wildman–Crippen LogP) is 2.68. The molecule has 0 radical (unpaired) electrons. The Bertz CT molecular complexity index is 395. The van der Waals surface area contributed by atoms with Gasteiger partial charge in [-0.05, 0) is 49.0 Å². The smallest absolute Gasteiger partial charge is 0.118 e. The van der Waals surface area contributed by atoms with Crippen molar-refractivity contribution in [2.45, 2.75) is 31.8 Å². The first-order chi connectivity index (χ1) is 8.79. The quantitative estimate of drug-likeness (QED) is 0.870. The van der Waals surface area contributed by atoms with Gasteiger partial charge in [0.05, 0.1) is 26.1 Å². The molecule has 0 saturated carbocycles. The fourth-order valence-electron chi connectivity index (χ4n) is 2.11. The Balaban J connectivity index is 1.84. The van der Waals surface area contributed by atoms with Gasteiger partial charge < -0.3 is 14.6 Å². The van der Waals surface area contributed by atoms with Gasteiger partial charge in [0.2, 0.25) is 0 Å². The minimum absolute atomic E-state index is 0.382. The molecule has 1 unspecified atom stereocenters. The number of hydrogen-bond acceptors (Lipinski definition) is 3. The first-order valence-corrected chi connectivity index (χ1v) is 6.41. The van der Waals surface area contributed by atoms with Crippen molar-refractivity contribution in [3.63, 3.8) is 0 Å². The molecule has 0 spiro atoms. The fourth-order valence-corrected chi connectivity index (χ4v) is 2.11. The molecule has 0 fully saturated rings. The predicted molar refractivity (Wildman–Crippen MR) is 70.6 cm³/mol. The standard InChI is InChI=1S/C15H20O3/c1-17-14-7-4-12(5-8-14)6-9-15(16)13-3-2-10-18-11-13/h4-5,7-8,11,15-16H,2-3,6,9-10H2,1H3. The monoisotopic (exact) mass is 248 g/mol. The SMILES string of the molecule is COc1ccc(CCC(O)C2=COCCC2)cc1. The van der Waals surface area contributed by atoms with Crippen molar-refractivity contribution in [3.05, 3.63) is 41.7 Å². The Morgan fingerprint density at radius 2 is 2.11 bits per heavy atom. The molecule has 18 heavy (non-hydrogen) atoms. The van der Waals surface area contributed by atoms with Crippen molar-refractivity contribution >= 4 is 0 Å². The highest BCUT2D eigenvalue weighted by Gasteiger charge is 2.14. The summed E-state index contributed by atoms with van der Waals surface area (Å²) in [6, 6.07) is 7.98. The summed E-state index contributed by atoms with van der Waals surface area (Å²) in [5.74, 6) is 0.864. The molecule has 1 aromatic carbocycles. The van der Waals surface area contributed by atoms with Gasteiger partial charge in [-0.3, -0.25) is 0 Å². The number of methoxy groups -OCH3 is 1. The summed E-state index contributed by atoms with van der Waals surface area (Å²) in [5.41, 5.74) is 2.24. The number of hydrogen-bond donors (Lipinski definition) is 1. The van der Waals surface area contributed by atoms with Crippen molar-refractivity contribution in [1.29, 1.82) is 0 Å². The van der Waals surface area contributed by atoms with Crippen LogP contribution in [-0.4, -0.2) is 24.9 Å². The van der Waals surface area contributed by atoms with Gasteiger partial charge in [0.25, 0.3) is 0 Å². The van der Waals surface area contributed by atoms with E-state index in [-0.39, 0.29) is 6.10 Å². The van der Waals surface area contributed by atoms with Crippen LogP contribution in [0.4, 0.5) is 0 Å². The number of ether oxygens (including phenoxy) is 2. The molecular formula is C15H20O3. The Hall–Kier alpha value is -1.48. The van der Waals surface area contributed by atoms with Crippen molar-refractivity contribution < 1.29 is 14.6 Å². The summed E-state index contributed by atoms with van der Waals surface area (Å²) in [7, 11) is 1.66. The molecule has 98 valence electrons. The Morgan fingerprint density at radius 3 is 2.72 bits per heavy atom. The molecule has 0 amide bonds. The van der Waals surface area contributed by atoms with E-state index in [0.29, 0.717) is 0 Å². The summed E-state index contributed by atoms with van der Waals surface area (Å²) < 4.78 is 10.4. The van der Waals surface area contributed by atoms with E-state index in [1.54, 1.807) is 13.4 Å². The summed E-state index contributed by atoms with van der Waals surface area (Å²) in [5, 5.41) is 10.1. The number of aliphatic hydroxyl groups is 1. The topological polar surface area (TPSA) is 38.7 Å². The third-order valence-electron chi connectivity index (χ3n) is 3.26. The van der Waals surface area contributed by atoms with Gasteiger partial charge in [-0.2, -0.15) is 0 Å². The molecule has 2 rings (SSSR count). The molecule has 1 N–H and O–H groups in total. The molecule has 0 saturated heterocycles. The maximum atomic E-state index is 10.1. The van der Waals surface area contributed by atoms with Crippen LogP contribution in [0, 0.1) is 0 Å². The van der Waals surface area contributed by atoms with E-state index in [2.05, 4.69) is 0 Å². The number of rotatable bonds is 5. The zero-order chi connectivity index (χ0) is 12.8. The van der Waals surface area contributed by atoms with Crippen LogP contribution < -0.4 is 4.74 Å². The maximum absolute atomic E-state index is 10.1. The maximum Gasteiger partial charge on any atom is 0.118 e. The van der Waals surface area contributed by atoms with E-state index in [0.717, 1.165) is 43.6 Å². The Morgan fingerprint density at radius 1 is 1.33 bits per heavy atom. The molecular weight excluding hydrogens is 228 g/mol. The van der Waals surface area contributed by atoms with E-state index in [9.17, 15) is 5.11 Å². The van der Waals surface area contributed by atoms with Gasteiger partial charge in [-0.15, -0.1) is 0 Å². The summed E-state index contributed by atoms with van der Waals surface area (Å²) in [4.78, 5) is 0. The van der Waals surface area contributed by atoms with E-state index >= 15 is 0 Å². The van der Waals surface area contributed by atoms with Crippen LogP contribution in [0.5, 0.6) is 5.75 Å². The minimum Gasteiger partial charge on any atom is -0.501 e. The van der Waals surface area contributed by atoms with Gasteiger partial charge in [-0.25, -0.2) is 0 Å². The lowest BCUT2D eigenvalue weighted by molar-refractivity contribution is 0.162. The first kappa shape index (κ1) is 13.0. The van der Waals surface area contributed by atoms with Crippen molar-refractivity contribution in [2.24, 2.45) is 0 Å². The normalized spacial score (nSPS) is 16.7. The molecule has 0 aromatic heterocycles. The lowest BCUT2D eigenvalue weighted by Crippen LogP contribution is -2.15.